The number of carbonyl (C=O) groups excluding carboxylic acids is 2. The summed E-state index contributed by atoms with van der Waals surface area (Å²) >= 11 is 0. The number of allylic oxidation sites excluding steroid dienone is 5. The van der Waals surface area contributed by atoms with Gasteiger partial charge >= 0.3 is 0 Å². The molecule has 3 rings (SSSR count). The molecule has 1 aromatic rings. The van der Waals surface area contributed by atoms with Crippen LogP contribution >= 0.6 is 0 Å². The number of para-hydroxylation sites is 1. The second-order valence-electron chi connectivity index (χ2n) is 9.01. The first-order chi connectivity index (χ1) is 12.5. The van der Waals surface area contributed by atoms with E-state index in [-0.39, 0.29) is 22.5 Å². The Morgan fingerprint density at radius 2 is 1.33 bits per heavy atom. The highest BCUT2D eigenvalue weighted by Gasteiger charge is 2.36. The predicted molar refractivity (Wildman–Crippen MR) is 110 cm³/mol. The lowest BCUT2D eigenvalue weighted by atomic mass is 9.71. The Balaban J connectivity index is 2.12. The fourth-order valence-corrected chi connectivity index (χ4v) is 3.19. The average Bonchev–Trinajstić information content (AvgIpc) is 2.95. The molecule has 1 heterocycles. The Morgan fingerprint density at radius 3 is 1.81 bits per heavy atom. The molecule has 0 fully saturated rings. The number of benzene rings is 1. The van der Waals surface area contributed by atoms with Crippen molar-refractivity contribution in [3.63, 3.8) is 0 Å². The molecule has 1 amide bonds. The first-order valence-corrected chi connectivity index (χ1v) is 9.17. The quantitative estimate of drug-likeness (QED) is 0.671. The standard InChI is InChI=1S/C23H26N2O2/c1-22(2,3)18-12-15(13-19(20(18)26)23(4,5)6)17-14-24-25(21(17)27)16-10-8-7-9-11-16/h7-14H,1-6H3. The minimum atomic E-state index is -0.314. The molecule has 1 aromatic carbocycles. The lowest BCUT2D eigenvalue weighted by molar-refractivity contribution is -0.115. The molecular weight excluding hydrogens is 336 g/mol. The van der Waals surface area contributed by atoms with Gasteiger partial charge in [0.15, 0.2) is 5.78 Å². The Labute approximate surface area is 161 Å². The number of hydrazone groups is 1. The van der Waals surface area contributed by atoms with Gasteiger partial charge in [0.1, 0.15) is 0 Å². The summed E-state index contributed by atoms with van der Waals surface area (Å²) in [6, 6.07) is 9.34. The van der Waals surface area contributed by atoms with Gasteiger partial charge < -0.3 is 0 Å². The van der Waals surface area contributed by atoms with Crippen molar-refractivity contribution in [1.82, 2.24) is 0 Å². The van der Waals surface area contributed by atoms with Crippen LogP contribution in [0.1, 0.15) is 41.5 Å². The molecule has 1 aliphatic heterocycles. The van der Waals surface area contributed by atoms with Crippen LogP contribution in [0, 0.1) is 10.8 Å². The summed E-state index contributed by atoms with van der Waals surface area (Å²) in [6.07, 6.45) is 5.30. The molecule has 0 atom stereocenters. The number of amides is 1. The normalized spacial score (nSPS) is 18.2. The zero-order valence-corrected chi connectivity index (χ0v) is 16.8. The molecule has 0 bridgehead atoms. The summed E-state index contributed by atoms with van der Waals surface area (Å²) in [5.41, 5.74) is 2.79. The van der Waals surface area contributed by atoms with Gasteiger partial charge in [-0.25, -0.2) is 0 Å². The maximum atomic E-state index is 13.1. The molecule has 27 heavy (non-hydrogen) atoms. The van der Waals surface area contributed by atoms with Crippen LogP contribution in [0.2, 0.25) is 0 Å². The maximum Gasteiger partial charge on any atom is 0.280 e. The van der Waals surface area contributed by atoms with Crippen molar-refractivity contribution in [3.05, 3.63) is 64.8 Å². The first kappa shape index (κ1) is 19.0. The number of anilines is 1. The lowest BCUT2D eigenvalue weighted by Crippen LogP contribution is -2.29. The highest BCUT2D eigenvalue weighted by Crippen LogP contribution is 2.40. The van der Waals surface area contributed by atoms with Crippen LogP contribution in [0.5, 0.6) is 0 Å². The molecule has 140 valence electrons. The van der Waals surface area contributed by atoms with Crippen molar-refractivity contribution >= 4 is 23.6 Å². The fourth-order valence-electron chi connectivity index (χ4n) is 3.19. The number of rotatable bonds is 1. The fraction of sp³-hybridized carbons (Fsp3) is 0.348. The van der Waals surface area contributed by atoms with Gasteiger partial charge in [0.2, 0.25) is 0 Å². The molecule has 4 heteroatoms. The van der Waals surface area contributed by atoms with Gasteiger partial charge in [0.05, 0.1) is 17.5 Å². The molecule has 0 radical (unpaired) electrons. The van der Waals surface area contributed by atoms with Gasteiger partial charge in [0.25, 0.3) is 5.91 Å². The van der Waals surface area contributed by atoms with Gasteiger partial charge in [-0.15, -0.1) is 0 Å². The van der Waals surface area contributed by atoms with Crippen LogP contribution in [-0.4, -0.2) is 17.9 Å². The van der Waals surface area contributed by atoms with E-state index in [1.54, 1.807) is 6.21 Å². The van der Waals surface area contributed by atoms with E-state index >= 15 is 0 Å². The number of carbonyl (C=O) groups is 2. The molecular formula is C23H26N2O2. The van der Waals surface area contributed by atoms with E-state index in [0.717, 1.165) is 22.4 Å². The van der Waals surface area contributed by atoms with Crippen molar-refractivity contribution in [3.8, 4) is 0 Å². The summed E-state index contributed by atoms with van der Waals surface area (Å²) < 4.78 is 0. The number of hydrogen-bond acceptors (Lipinski definition) is 3. The molecule has 0 saturated heterocycles. The summed E-state index contributed by atoms with van der Waals surface area (Å²) in [5.74, 6) is -0.124. The third-order valence-electron chi connectivity index (χ3n) is 4.74. The van der Waals surface area contributed by atoms with E-state index in [4.69, 9.17) is 0 Å². The van der Waals surface area contributed by atoms with Crippen LogP contribution in [0.3, 0.4) is 0 Å². The molecule has 1 aliphatic carbocycles. The van der Waals surface area contributed by atoms with Crippen LogP contribution in [0.25, 0.3) is 0 Å². The third-order valence-corrected chi connectivity index (χ3v) is 4.74. The van der Waals surface area contributed by atoms with Crippen LogP contribution in [0.4, 0.5) is 5.69 Å². The van der Waals surface area contributed by atoms with Gasteiger partial charge in [-0.05, 0) is 40.7 Å². The topological polar surface area (TPSA) is 49.7 Å². The highest BCUT2D eigenvalue weighted by atomic mass is 16.2. The molecule has 0 saturated carbocycles. The van der Waals surface area contributed by atoms with Crippen LogP contribution in [-0.2, 0) is 9.59 Å². The summed E-state index contributed by atoms with van der Waals surface area (Å²) in [4.78, 5) is 26.1. The Hall–Kier alpha value is -2.75. The van der Waals surface area contributed by atoms with Crippen molar-refractivity contribution in [2.24, 2.45) is 15.9 Å². The first-order valence-electron chi connectivity index (χ1n) is 9.17. The van der Waals surface area contributed by atoms with E-state index in [1.807, 2.05) is 84.0 Å². The molecule has 0 aromatic heterocycles. The zero-order valence-electron chi connectivity index (χ0n) is 16.8. The van der Waals surface area contributed by atoms with E-state index in [1.165, 1.54) is 5.01 Å². The number of hydrogen-bond donors (Lipinski definition) is 0. The van der Waals surface area contributed by atoms with Crippen molar-refractivity contribution in [2.75, 3.05) is 5.01 Å². The minimum absolute atomic E-state index is 0.0571. The zero-order chi connectivity index (χ0) is 20.0. The van der Waals surface area contributed by atoms with Crippen molar-refractivity contribution in [2.45, 2.75) is 41.5 Å². The van der Waals surface area contributed by atoms with Crippen LogP contribution < -0.4 is 5.01 Å². The SMILES string of the molecule is CC(C)(C)C1=CC(=C2C=NN(c3ccccc3)C2=O)C=C(C(C)(C)C)C1=O. The van der Waals surface area contributed by atoms with Gasteiger partial charge in [-0.3, -0.25) is 9.59 Å². The lowest BCUT2D eigenvalue weighted by Gasteiger charge is -2.31. The van der Waals surface area contributed by atoms with E-state index < -0.39 is 0 Å². The van der Waals surface area contributed by atoms with Gasteiger partial charge in [-0.1, -0.05) is 59.7 Å². The summed E-state index contributed by atoms with van der Waals surface area (Å²) in [5, 5.41) is 5.69. The highest BCUT2D eigenvalue weighted by molar-refractivity contribution is 6.24. The van der Waals surface area contributed by atoms with Gasteiger partial charge in [-0.2, -0.15) is 10.1 Å². The second-order valence-corrected chi connectivity index (χ2v) is 9.01. The largest absolute Gasteiger partial charge is 0.289 e. The van der Waals surface area contributed by atoms with Crippen molar-refractivity contribution < 1.29 is 9.59 Å². The Kier molecular flexibility index (Phi) is 4.54. The van der Waals surface area contributed by atoms with Gasteiger partial charge in [0, 0.05) is 11.1 Å². The predicted octanol–water partition coefficient (Wildman–Crippen LogP) is 4.84. The minimum Gasteiger partial charge on any atom is -0.289 e. The summed E-state index contributed by atoms with van der Waals surface area (Å²) in [7, 11) is 0. The number of ketones is 1. The van der Waals surface area contributed by atoms with E-state index in [9.17, 15) is 9.59 Å². The number of Topliss-reactive ketones (excluding diaryl/α,β-unsaturated/α-hetero) is 1. The molecule has 2 aliphatic rings. The molecule has 4 nitrogen and oxygen atoms in total. The van der Waals surface area contributed by atoms with E-state index in [0.29, 0.717) is 5.57 Å². The molecule has 0 unspecified atom stereocenters. The molecule has 0 N–H and O–H groups in total. The smallest absolute Gasteiger partial charge is 0.280 e. The Bertz CT molecular complexity index is 881. The van der Waals surface area contributed by atoms with Crippen molar-refractivity contribution in [1.29, 1.82) is 0 Å². The average molecular weight is 362 g/mol. The van der Waals surface area contributed by atoms with E-state index in [2.05, 4.69) is 5.10 Å². The summed E-state index contributed by atoms with van der Waals surface area (Å²) in [6.45, 7) is 12.1. The maximum absolute atomic E-state index is 13.1. The third kappa shape index (κ3) is 3.57. The number of nitrogens with zero attached hydrogens (tertiary/aromatic N) is 2. The second kappa shape index (κ2) is 6.45. The van der Waals surface area contributed by atoms with Crippen LogP contribution in [0.15, 0.2) is 69.9 Å². The Morgan fingerprint density at radius 1 is 0.815 bits per heavy atom. The molecule has 0 spiro atoms. The monoisotopic (exact) mass is 362 g/mol.